The Kier molecular flexibility index (Phi) is 4.74. The van der Waals surface area contributed by atoms with Crippen molar-refractivity contribution in [2.75, 3.05) is 12.0 Å². The first-order valence-corrected chi connectivity index (χ1v) is 8.09. The van der Waals surface area contributed by atoms with Crippen LogP contribution in [0.3, 0.4) is 0 Å². The average molecular weight is 344 g/mol. The van der Waals surface area contributed by atoms with Gasteiger partial charge in [0.05, 0.1) is 31.5 Å². The van der Waals surface area contributed by atoms with Gasteiger partial charge in [0.1, 0.15) is 5.75 Å². The SMILES string of the molecule is COC(=O)C[C@H]1Oc2ccccc2N(Cc2cc(C(C)C)no2)C1=O. The summed E-state index contributed by atoms with van der Waals surface area (Å²) in [7, 11) is 1.28. The molecule has 1 aromatic heterocycles. The van der Waals surface area contributed by atoms with Gasteiger partial charge in [0.15, 0.2) is 11.9 Å². The van der Waals surface area contributed by atoms with E-state index in [0.717, 1.165) is 5.69 Å². The van der Waals surface area contributed by atoms with Gasteiger partial charge in [-0.3, -0.25) is 14.5 Å². The quantitative estimate of drug-likeness (QED) is 0.776. The predicted octanol–water partition coefficient (Wildman–Crippen LogP) is 2.66. The molecule has 7 nitrogen and oxygen atoms in total. The molecule has 1 aromatic carbocycles. The molecule has 1 atom stereocenters. The number of anilines is 1. The molecule has 3 rings (SSSR count). The lowest BCUT2D eigenvalue weighted by Gasteiger charge is -2.33. The highest BCUT2D eigenvalue weighted by Crippen LogP contribution is 2.35. The van der Waals surface area contributed by atoms with Gasteiger partial charge < -0.3 is 14.0 Å². The molecule has 0 radical (unpaired) electrons. The van der Waals surface area contributed by atoms with Crippen molar-refractivity contribution in [1.82, 2.24) is 5.16 Å². The molecule has 1 amide bonds. The molecule has 0 unspecified atom stereocenters. The summed E-state index contributed by atoms with van der Waals surface area (Å²) in [5.41, 5.74) is 1.46. The number of aromatic nitrogens is 1. The van der Waals surface area contributed by atoms with Crippen molar-refractivity contribution >= 4 is 17.6 Å². The number of hydrogen-bond acceptors (Lipinski definition) is 6. The standard InChI is InChI=1S/C18H20N2O5/c1-11(2)13-8-12(25-19-13)10-20-14-6-4-5-7-15(14)24-16(18(20)22)9-17(21)23-3/h4-8,11,16H,9-10H2,1-3H3/t16-/m1/s1. The van der Waals surface area contributed by atoms with Gasteiger partial charge in [-0.1, -0.05) is 31.1 Å². The molecule has 132 valence electrons. The van der Waals surface area contributed by atoms with E-state index in [1.807, 2.05) is 32.0 Å². The second-order valence-electron chi connectivity index (χ2n) is 6.15. The number of ether oxygens (including phenoxy) is 2. The fraction of sp³-hybridized carbons (Fsp3) is 0.389. The minimum Gasteiger partial charge on any atom is -0.478 e. The van der Waals surface area contributed by atoms with Crippen LogP contribution in [0.25, 0.3) is 0 Å². The number of fused-ring (bicyclic) bond motifs is 1. The van der Waals surface area contributed by atoms with Crippen LogP contribution in [0.1, 0.15) is 37.6 Å². The molecule has 1 aliphatic heterocycles. The minimum absolute atomic E-state index is 0.145. The van der Waals surface area contributed by atoms with E-state index in [9.17, 15) is 9.59 Å². The minimum atomic E-state index is -0.921. The van der Waals surface area contributed by atoms with Crippen LogP contribution < -0.4 is 9.64 Å². The highest BCUT2D eigenvalue weighted by Gasteiger charge is 2.36. The van der Waals surface area contributed by atoms with Crippen molar-refractivity contribution < 1.29 is 23.6 Å². The van der Waals surface area contributed by atoms with Crippen molar-refractivity contribution in [3.05, 3.63) is 41.8 Å². The third-order valence-electron chi connectivity index (χ3n) is 4.03. The summed E-state index contributed by atoms with van der Waals surface area (Å²) in [6.45, 7) is 4.25. The van der Waals surface area contributed by atoms with Crippen molar-refractivity contribution in [3.63, 3.8) is 0 Å². The van der Waals surface area contributed by atoms with Crippen LogP contribution in [0.15, 0.2) is 34.9 Å². The van der Waals surface area contributed by atoms with E-state index < -0.39 is 12.1 Å². The number of carbonyl (C=O) groups is 2. The third kappa shape index (κ3) is 3.50. The lowest BCUT2D eigenvalue weighted by Crippen LogP contribution is -2.46. The van der Waals surface area contributed by atoms with Crippen LogP contribution in [0.4, 0.5) is 5.69 Å². The summed E-state index contributed by atoms with van der Waals surface area (Å²) in [5.74, 6) is 0.536. The Morgan fingerprint density at radius 1 is 1.36 bits per heavy atom. The number of nitrogens with zero attached hydrogens (tertiary/aromatic N) is 2. The van der Waals surface area contributed by atoms with Crippen LogP contribution in [0, 0.1) is 0 Å². The van der Waals surface area contributed by atoms with E-state index in [1.165, 1.54) is 7.11 Å². The largest absolute Gasteiger partial charge is 0.478 e. The highest BCUT2D eigenvalue weighted by molar-refractivity contribution is 6.01. The number of methoxy groups -OCH3 is 1. The Labute approximate surface area is 145 Å². The van der Waals surface area contributed by atoms with Crippen molar-refractivity contribution in [1.29, 1.82) is 0 Å². The van der Waals surface area contributed by atoms with Crippen LogP contribution in [0.2, 0.25) is 0 Å². The molecule has 2 heterocycles. The number of amides is 1. The molecule has 0 saturated carbocycles. The third-order valence-corrected chi connectivity index (χ3v) is 4.03. The zero-order valence-corrected chi connectivity index (χ0v) is 14.4. The van der Waals surface area contributed by atoms with Crippen LogP contribution in [-0.4, -0.2) is 30.2 Å². The summed E-state index contributed by atoms with van der Waals surface area (Å²) in [5, 5.41) is 4.02. The van der Waals surface area contributed by atoms with E-state index in [1.54, 1.807) is 17.0 Å². The summed E-state index contributed by atoms with van der Waals surface area (Å²) in [6.07, 6.45) is -1.07. The molecular formula is C18H20N2O5. The molecule has 0 saturated heterocycles. The Hall–Kier alpha value is -2.83. The molecule has 7 heteroatoms. The molecule has 2 aromatic rings. The summed E-state index contributed by atoms with van der Waals surface area (Å²) >= 11 is 0. The first-order chi connectivity index (χ1) is 12.0. The van der Waals surface area contributed by atoms with Gasteiger partial charge in [-0.2, -0.15) is 0 Å². The van der Waals surface area contributed by atoms with Gasteiger partial charge in [0.25, 0.3) is 5.91 Å². The zero-order valence-electron chi connectivity index (χ0n) is 14.4. The fourth-order valence-electron chi connectivity index (χ4n) is 2.63. The second kappa shape index (κ2) is 6.96. The Balaban J connectivity index is 1.89. The van der Waals surface area contributed by atoms with Gasteiger partial charge in [0.2, 0.25) is 0 Å². The maximum atomic E-state index is 12.8. The van der Waals surface area contributed by atoms with Crippen LogP contribution in [-0.2, 0) is 20.9 Å². The number of carbonyl (C=O) groups excluding carboxylic acids is 2. The molecule has 0 spiro atoms. The van der Waals surface area contributed by atoms with Crippen molar-refractivity contribution in [2.24, 2.45) is 0 Å². The Morgan fingerprint density at radius 2 is 2.12 bits per heavy atom. The Morgan fingerprint density at radius 3 is 2.80 bits per heavy atom. The number of benzene rings is 1. The Bertz CT molecular complexity index is 783. The van der Waals surface area contributed by atoms with Gasteiger partial charge in [0, 0.05) is 6.07 Å². The lowest BCUT2D eigenvalue weighted by atomic mass is 10.1. The first-order valence-electron chi connectivity index (χ1n) is 8.09. The van der Waals surface area contributed by atoms with Gasteiger partial charge in [-0.25, -0.2) is 0 Å². The van der Waals surface area contributed by atoms with E-state index in [2.05, 4.69) is 9.89 Å². The number of rotatable bonds is 5. The van der Waals surface area contributed by atoms with Crippen LogP contribution in [0.5, 0.6) is 5.75 Å². The van der Waals surface area contributed by atoms with Crippen LogP contribution >= 0.6 is 0 Å². The van der Waals surface area contributed by atoms with E-state index >= 15 is 0 Å². The smallest absolute Gasteiger partial charge is 0.309 e. The molecule has 0 fully saturated rings. The lowest BCUT2D eigenvalue weighted by molar-refractivity contribution is -0.145. The summed E-state index contributed by atoms with van der Waals surface area (Å²) in [6, 6.07) is 9.03. The van der Waals surface area contributed by atoms with Gasteiger partial charge in [-0.05, 0) is 18.1 Å². The monoisotopic (exact) mass is 344 g/mol. The average Bonchev–Trinajstić information content (AvgIpc) is 3.07. The normalized spacial score (nSPS) is 16.6. The molecule has 0 bridgehead atoms. The summed E-state index contributed by atoms with van der Waals surface area (Å²) < 4.78 is 15.7. The number of hydrogen-bond donors (Lipinski definition) is 0. The summed E-state index contributed by atoms with van der Waals surface area (Å²) in [4.78, 5) is 25.9. The fourth-order valence-corrected chi connectivity index (χ4v) is 2.63. The first kappa shape index (κ1) is 17.0. The zero-order chi connectivity index (χ0) is 18.0. The highest BCUT2D eigenvalue weighted by atomic mass is 16.5. The van der Waals surface area contributed by atoms with Crippen molar-refractivity contribution in [3.8, 4) is 5.75 Å². The molecule has 1 aliphatic rings. The molecule has 0 aliphatic carbocycles. The molecule has 0 N–H and O–H groups in total. The topological polar surface area (TPSA) is 81.9 Å². The van der Waals surface area contributed by atoms with Gasteiger partial charge in [-0.15, -0.1) is 0 Å². The van der Waals surface area contributed by atoms with E-state index in [4.69, 9.17) is 9.26 Å². The second-order valence-corrected chi connectivity index (χ2v) is 6.15. The van der Waals surface area contributed by atoms with E-state index in [-0.39, 0.29) is 24.8 Å². The number of esters is 1. The number of para-hydroxylation sites is 2. The molecule has 25 heavy (non-hydrogen) atoms. The maximum Gasteiger partial charge on any atom is 0.309 e. The molecular weight excluding hydrogens is 324 g/mol. The van der Waals surface area contributed by atoms with Crippen molar-refractivity contribution in [2.45, 2.75) is 38.8 Å². The maximum absolute atomic E-state index is 12.8. The van der Waals surface area contributed by atoms with Gasteiger partial charge >= 0.3 is 5.97 Å². The van der Waals surface area contributed by atoms with E-state index in [0.29, 0.717) is 17.2 Å². The predicted molar refractivity (Wildman–Crippen MR) is 89.3 cm³/mol.